The van der Waals surface area contributed by atoms with Gasteiger partial charge in [0.25, 0.3) is 0 Å². The molecule has 0 bridgehead atoms. The van der Waals surface area contributed by atoms with Crippen molar-refractivity contribution in [1.29, 1.82) is 0 Å². The second-order valence-corrected chi connectivity index (χ2v) is 7.92. The molecule has 1 N–H and O–H groups in total. The summed E-state index contributed by atoms with van der Waals surface area (Å²) in [7, 11) is 0. The minimum absolute atomic E-state index is 0. The van der Waals surface area contributed by atoms with Crippen molar-refractivity contribution in [3.05, 3.63) is 93.1 Å². The van der Waals surface area contributed by atoms with Crippen molar-refractivity contribution < 1.29 is 0 Å². The van der Waals surface area contributed by atoms with Crippen molar-refractivity contribution >= 4 is 59.1 Å². The van der Waals surface area contributed by atoms with Gasteiger partial charge in [-0.1, -0.05) is 65.5 Å². The van der Waals surface area contributed by atoms with E-state index in [0.717, 1.165) is 16.6 Å². The van der Waals surface area contributed by atoms with E-state index in [4.69, 9.17) is 23.2 Å². The zero-order valence-corrected chi connectivity index (χ0v) is 18.8. The van der Waals surface area contributed by atoms with E-state index in [1.165, 1.54) is 22.4 Å². The predicted molar refractivity (Wildman–Crippen MR) is 123 cm³/mol. The molecule has 0 spiro atoms. The van der Waals surface area contributed by atoms with Crippen molar-refractivity contribution in [2.75, 3.05) is 12.8 Å². The van der Waals surface area contributed by atoms with E-state index in [1.807, 2.05) is 24.3 Å². The molecule has 136 valence electrons. The maximum Gasteiger partial charge on any atom is 0.0533 e. The first kappa shape index (κ1) is 20.1. The number of hydrogen-bond acceptors (Lipinski definition) is 3. The third-order valence-electron chi connectivity index (χ3n) is 4.77. The van der Waals surface area contributed by atoms with Gasteiger partial charge in [-0.15, -0.1) is 24.0 Å². The topological polar surface area (TPSA) is 15.3 Å². The fourth-order valence-corrected chi connectivity index (χ4v) is 4.52. The number of hydrazine groups is 1. The monoisotopic (exact) mass is 516 g/mol. The molecular formula is C20H19Cl2IN2S. The molecule has 0 saturated heterocycles. The second-order valence-electron chi connectivity index (χ2n) is 6.24. The van der Waals surface area contributed by atoms with Crippen molar-refractivity contribution in [2.24, 2.45) is 0 Å². The fraction of sp³-hybridized carbons (Fsp3) is 0.200. The van der Waals surface area contributed by atoms with Crippen molar-refractivity contribution in [3.63, 3.8) is 0 Å². The summed E-state index contributed by atoms with van der Waals surface area (Å²) in [5.41, 5.74) is 8.52. The van der Waals surface area contributed by atoms with Crippen LogP contribution in [-0.2, 0) is 0 Å². The smallest absolute Gasteiger partial charge is 0.0533 e. The summed E-state index contributed by atoms with van der Waals surface area (Å²) in [6.45, 7) is 0.884. The summed E-state index contributed by atoms with van der Waals surface area (Å²) in [4.78, 5) is 0. The normalized spacial score (nSPS) is 22.0. The largest absolute Gasteiger partial charge is 0.309 e. The first-order valence-electron chi connectivity index (χ1n) is 8.16. The Balaban J connectivity index is 0.00000196. The maximum atomic E-state index is 6.30. The van der Waals surface area contributed by atoms with Crippen molar-refractivity contribution in [2.45, 2.75) is 11.8 Å². The van der Waals surface area contributed by atoms with Gasteiger partial charge in [0.2, 0.25) is 0 Å². The van der Waals surface area contributed by atoms with Crippen LogP contribution in [0.4, 0.5) is 0 Å². The first-order chi connectivity index (χ1) is 12.2. The fourth-order valence-electron chi connectivity index (χ4n) is 3.66. The molecule has 1 aliphatic carbocycles. The van der Waals surface area contributed by atoms with Crippen LogP contribution in [-0.4, -0.2) is 17.2 Å². The minimum atomic E-state index is 0. The minimum Gasteiger partial charge on any atom is -0.309 e. The van der Waals surface area contributed by atoms with E-state index in [-0.39, 0.29) is 35.8 Å². The molecule has 2 nitrogen and oxygen atoms in total. The molecule has 0 aromatic heterocycles. The Morgan fingerprint density at radius 2 is 1.69 bits per heavy atom. The Hall–Kier alpha value is -0.660. The van der Waals surface area contributed by atoms with E-state index in [2.05, 4.69) is 52.5 Å². The Bertz CT molecular complexity index is 868. The lowest BCUT2D eigenvalue weighted by atomic mass is 9.74. The van der Waals surface area contributed by atoms with Crippen molar-refractivity contribution in [1.82, 2.24) is 9.84 Å². The lowest BCUT2D eigenvalue weighted by Gasteiger charge is -2.30. The van der Waals surface area contributed by atoms with Gasteiger partial charge < -0.3 is 5.43 Å². The van der Waals surface area contributed by atoms with E-state index in [0.29, 0.717) is 0 Å². The molecule has 0 radical (unpaired) electrons. The van der Waals surface area contributed by atoms with Gasteiger partial charge in [-0.05, 0) is 53.3 Å². The molecule has 1 heterocycles. The molecule has 2 aliphatic rings. The molecule has 2 atom stereocenters. The Kier molecular flexibility index (Phi) is 6.62. The molecule has 0 amide bonds. The summed E-state index contributed by atoms with van der Waals surface area (Å²) in [5.74, 6) is 0.473. The van der Waals surface area contributed by atoms with Crippen LogP contribution in [0.3, 0.4) is 0 Å². The zero-order valence-electron chi connectivity index (χ0n) is 14.2. The molecule has 6 heteroatoms. The summed E-state index contributed by atoms with van der Waals surface area (Å²) in [6, 6.07) is 16.4. The highest BCUT2D eigenvalue weighted by Crippen LogP contribution is 2.46. The number of halogens is 3. The lowest BCUT2D eigenvalue weighted by molar-refractivity contribution is 0.466. The van der Waals surface area contributed by atoms with Gasteiger partial charge in [0.05, 0.1) is 12.2 Å². The number of rotatable bonds is 3. The van der Waals surface area contributed by atoms with E-state index in [9.17, 15) is 0 Å². The molecule has 2 aromatic carbocycles. The van der Waals surface area contributed by atoms with Gasteiger partial charge in [-0.3, -0.25) is 0 Å². The van der Waals surface area contributed by atoms with Crippen LogP contribution in [0.25, 0.3) is 0 Å². The molecule has 0 saturated carbocycles. The predicted octanol–water partition coefficient (Wildman–Crippen LogP) is 6.40. The number of allylic oxidation sites excluding steroid dienone is 2. The maximum absolute atomic E-state index is 6.30. The van der Waals surface area contributed by atoms with E-state index >= 15 is 0 Å². The standard InChI is InChI=1S/C20H18Cl2N2S.HI/c1-25-24-12-18-19(23-24)9-8-17(13-4-2-6-15(21)10-13)20(18)14-5-3-7-16(22)11-14;/h2-11,17,20,23H,12H2,1H3;1H/t17-,20+;/m1./s1. The molecule has 4 rings (SSSR count). The van der Waals surface area contributed by atoms with Crippen LogP contribution in [0.1, 0.15) is 23.0 Å². The summed E-state index contributed by atoms with van der Waals surface area (Å²) >= 11 is 14.3. The summed E-state index contributed by atoms with van der Waals surface area (Å²) in [6.07, 6.45) is 6.54. The molecular weight excluding hydrogens is 498 g/mol. The van der Waals surface area contributed by atoms with Crippen LogP contribution in [0.5, 0.6) is 0 Å². The quantitative estimate of drug-likeness (QED) is 0.375. The SMILES string of the molecule is CSN1CC2=C(C=C[C@H](c3cccc(Cl)c3)[C@@H]2c2cccc(Cl)c2)N1.I. The van der Waals surface area contributed by atoms with Crippen molar-refractivity contribution in [3.8, 4) is 0 Å². The van der Waals surface area contributed by atoms with E-state index < -0.39 is 0 Å². The number of hydrogen-bond donors (Lipinski definition) is 1. The van der Waals surface area contributed by atoms with Gasteiger partial charge in [-0.25, -0.2) is 0 Å². The molecule has 1 aliphatic heterocycles. The Morgan fingerprint density at radius 3 is 2.35 bits per heavy atom. The third kappa shape index (κ3) is 3.94. The molecule has 2 aromatic rings. The highest BCUT2D eigenvalue weighted by Gasteiger charge is 2.35. The van der Waals surface area contributed by atoms with Gasteiger partial charge >= 0.3 is 0 Å². The van der Waals surface area contributed by atoms with Crippen LogP contribution in [0.15, 0.2) is 72.0 Å². The van der Waals surface area contributed by atoms with Gasteiger partial charge in [0.1, 0.15) is 0 Å². The number of nitrogens with zero attached hydrogens (tertiary/aromatic N) is 1. The van der Waals surface area contributed by atoms with Gasteiger partial charge in [0, 0.05) is 21.9 Å². The van der Waals surface area contributed by atoms with Gasteiger partial charge in [0.15, 0.2) is 0 Å². The highest BCUT2D eigenvalue weighted by atomic mass is 127. The van der Waals surface area contributed by atoms with Gasteiger partial charge in [-0.2, -0.15) is 4.41 Å². The Morgan fingerprint density at radius 1 is 1.04 bits per heavy atom. The van der Waals surface area contributed by atoms with Crippen LogP contribution in [0, 0.1) is 0 Å². The summed E-state index contributed by atoms with van der Waals surface area (Å²) in [5, 5.41) is 1.54. The van der Waals surface area contributed by atoms with E-state index in [1.54, 1.807) is 11.9 Å². The second kappa shape index (κ2) is 8.57. The van der Waals surface area contributed by atoms with Crippen LogP contribution in [0.2, 0.25) is 10.0 Å². The molecule has 0 fully saturated rings. The van der Waals surface area contributed by atoms with Crippen LogP contribution < -0.4 is 5.43 Å². The first-order valence-corrected chi connectivity index (χ1v) is 10.1. The van der Waals surface area contributed by atoms with Crippen LogP contribution >= 0.6 is 59.1 Å². The molecule has 0 unspecified atom stereocenters. The zero-order chi connectivity index (χ0) is 17.4. The average molecular weight is 517 g/mol. The third-order valence-corrected chi connectivity index (χ3v) is 5.90. The summed E-state index contributed by atoms with van der Waals surface area (Å²) < 4.78 is 2.16. The Labute approximate surface area is 185 Å². The number of nitrogens with one attached hydrogen (secondary N) is 1. The average Bonchev–Trinajstić information content (AvgIpc) is 3.04. The number of benzene rings is 2. The highest BCUT2D eigenvalue weighted by molar-refractivity contribution is 14.0. The molecule has 26 heavy (non-hydrogen) atoms. The lowest BCUT2D eigenvalue weighted by Crippen LogP contribution is -2.24.